The fourth-order valence-electron chi connectivity index (χ4n) is 2.74. The molecule has 1 aromatic heterocycles. The largest absolute Gasteiger partial charge is 0.361 e. The Morgan fingerprint density at radius 1 is 1.39 bits per heavy atom. The second-order valence-electron chi connectivity index (χ2n) is 6.21. The van der Waals surface area contributed by atoms with Crippen LogP contribution in [0.5, 0.6) is 0 Å². The van der Waals surface area contributed by atoms with E-state index in [1.165, 1.54) is 15.5 Å². The van der Waals surface area contributed by atoms with Crippen LogP contribution < -0.4 is 0 Å². The number of sulfonamides is 1. The van der Waals surface area contributed by atoms with E-state index in [-0.39, 0.29) is 12.5 Å². The molecule has 0 unspecified atom stereocenters. The second kappa shape index (κ2) is 6.98. The van der Waals surface area contributed by atoms with Crippen molar-refractivity contribution >= 4 is 15.9 Å². The van der Waals surface area contributed by atoms with Crippen LogP contribution in [0.2, 0.25) is 0 Å². The zero-order chi connectivity index (χ0) is 17.2. The third kappa shape index (κ3) is 4.76. The van der Waals surface area contributed by atoms with Crippen molar-refractivity contribution in [2.45, 2.75) is 13.5 Å². The van der Waals surface area contributed by atoms with Crippen LogP contribution in [0.4, 0.5) is 0 Å². The van der Waals surface area contributed by atoms with Gasteiger partial charge >= 0.3 is 0 Å². The van der Waals surface area contributed by atoms with E-state index in [0.717, 1.165) is 11.5 Å². The Hall–Kier alpha value is -1.45. The second-order valence-corrected chi connectivity index (χ2v) is 8.20. The molecule has 1 atom stereocenters. The normalized spacial score (nSPS) is 21.1. The van der Waals surface area contributed by atoms with E-state index in [1.807, 2.05) is 13.0 Å². The maximum absolute atomic E-state index is 12.4. The summed E-state index contributed by atoms with van der Waals surface area (Å²) in [6.07, 6.45) is 1.18. The number of carbonyl (C=O) groups excluding carboxylic acids is 1. The number of aryl methyl sites for hydroxylation is 1. The number of carbonyl (C=O) groups is 1. The van der Waals surface area contributed by atoms with Crippen LogP contribution >= 0.6 is 0 Å². The quantitative estimate of drug-likeness (QED) is 0.749. The van der Waals surface area contributed by atoms with Gasteiger partial charge in [-0.3, -0.25) is 9.69 Å². The molecule has 0 aromatic carbocycles. The fraction of sp³-hybridized carbons (Fsp3) is 0.714. The number of nitrogens with zero attached hydrogens (tertiary/aromatic N) is 4. The van der Waals surface area contributed by atoms with Crippen molar-refractivity contribution in [2.75, 3.05) is 46.5 Å². The Kier molecular flexibility index (Phi) is 5.43. The van der Waals surface area contributed by atoms with Gasteiger partial charge in [-0.2, -0.15) is 0 Å². The smallest absolute Gasteiger partial charge is 0.227 e. The van der Waals surface area contributed by atoms with Gasteiger partial charge in [0.25, 0.3) is 0 Å². The zero-order valence-electron chi connectivity index (χ0n) is 14.0. The van der Waals surface area contributed by atoms with Gasteiger partial charge < -0.3 is 9.42 Å². The Labute approximate surface area is 137 Å². The van der Waals surface area contributed by atoms with Crippen molar-refractivity contribution < 1.29 is 17.7 Å². The number of hydrogen-bond acceptors (Lipinski definition) is 6. The summed E-state index contributed by atoms with van der Waals surface area (Å²) < 4.78 is 30.3. The summed E-state index contributed by atoms with van der Waals surface area (Å²) in [6, 6.07) is 1.85. The number of amides is 1. The van der Waals surface area contributed by atoms with Gasteiger partial charge in [0.1, 0.15) is 5.76 Å². The van der Waals surface area contributed by atoms with Gasteiger partial charge in [0.05, 0.1) is 17.9 Å². The Morgan fingerprint density at radius 3 is 2.61 bits per heavy atom. The molecule has 1 fully saturated rings. The first-order valence-corrected chi connectivity index (χ1v) is 9.32. The molecular formula is C14H24N4O4S. The van der Waals surface area contributed by atoms with E-state index in [1.54, 1.807) is 14.1 Å². The van der Waals surface area contributed by atoms with Gasteiger partial charge in [-0.15, -0.1) is 0 Å². The first-order chi connectivity index (χ1) is 10.7. The van der Waals surface area contributed by atoms with Crippen LogP contribution in [-0.4, -0.2) is 80.1 Å². The minimum absolute atomic E-state index is 0.0677. The van der Waals surface area contributed by atoms with Crippen LogP contribution in [0.25, 0.3) is 0 Å². The molecule has 1 amide bonds. The first kappa shape index (κ1) is 17.9. The van der Waals surface area contributed by atoms with Crippen molar-refractivity contribution in [3.63, 3.8) is 0 Å². The van der Waals surface area contributed by atoms with Crippen molar-refractivity contribution in [2.24, 2.45) is 5.92 Å². The third-order valence-corrected chi connectivity index (χ3v) is 5.16. The van der Waals surface area contributed by atoms with Crippen LogP contribution in [0, 0.1) is 12.8 Å². The van der Waals surface area contributed by atoms with Crippen LogP contribution in [-0.2, 0) is 21.4 Å². The third-order valence-electron chi connectivity index (χ3n) is 3.89. The highest BCUT2D eigenvalue weighted by Crippen LogP contribution is 2.16. The summed E-state index contributed by atoms with van der Waals surface area (Å²) in [5.41, 5.74) is 0.784. The minimum Gasteiger partial charge on any atom is -0.361 e. The molecule has 0 radical (unpaired) electrons. The molecule has 0 spiro atoms. The predicted octanol–water partition coefficient (Wildman–Crippen LogP) is -0.235. The van der Waals surface area contributed by atoms with E-state index in [0.29, 0.717) is 26.2 Å². The van der Waals surface area contributed by atoms with Crippen molar-refractivity contribution in [3.8, 4) is 0 Å². The highest BCUT2D eigenvalue weighted by Gasteiger charge is 2.32. The van der Waals surface area contributed by atoms with Gasteiger partial charge in [-0.1, -0.05) is 5.16 Å². The standard InChI is InChI=1S/C14H24N4O4S/c1-11-7-13(15-22-11)10-17-5-6-18(23(4,20)21)9-12(8-17)14(19)16(2)3/h7,12H,5-6,8-10H2,1-4H3/t12-/m1/s1. The average Bonchev–Trinajstić information content (AvgIpc) is 2.72. The Bertz CT molecular complexity index is 655. The van der Waals surface area contributed by atoms with E-state index in [9.17, 15) is 13.2 Å². The molecule has 2 rings (SSSR count). The van der Waals surface area contributed by atoms with E-state index >= 15 is 0 Å². The molecule has 0 saturated carbocycles. The highest BCUT2D eigenvalue weighted by atomic mass is 32.2. The molecule has 1 aliphatic heterocycles. The molecule has 0 N–H and O–H groups in total. The number of aromatic nitrogens is 1. The molecule has 2 heterocycles. The molecular weight excluding hydrogens is 320 g/mol. The summed E-state index contributed by atoms with van der Waals surface area (Å²) in [6.45, 7) is 3.98. The average molecular weight is 344 g/mol. The lowest BCUT2D eigenvalue weighted by Crippen LogP contribution is -2.41. The van der Waals surface area contributed by atoms with Gasteiger partial charge in [0.15, 0.2) is 0 Å². The fourth-order valence-corrected chi connectivity index (χ4v) is 3.60. The SMILES string of the molecule is Cc1cc(CN2CCN(S(C)(=O)=O)C[C@H](C(=O)N(C)C)C2)no1. The molecule has 1 aliphatic rings. The summed E-state index contributed by atoms with van der Waals surface area (Å²) in [5, 5.41) is 3.97. The van der Waals surface area contributed by atoms with Gasteiger partial charge in [0, 0.05) is 52.9 Å². The molecule has 23 heavy (non-hydrogen) atoms. The maximum Gasteiger partial charge on any atom is 0.227 e. The summed E-state index contributed by atoms with van der Waals surface area (Å²) in [7, 11) is 0.0360. The number of hydrogen-bond donors (Lipinski definition) is 0. The first-order valence-electron chi connectivity index (χ1n) is 7.47. The molecule has 8 nitrogen and oxygen atoms in total. The number of rotatable bonds is 4. The lowest BCUT2D eigenvalue weighted by atomic mass is 10.1. The molecule has 130 valence electrons. The lowest BCUT2D eigenvalue weighted by Gasteiger charge is -2.25. The van der Waals surface area contributed by atoms with E-state index in [2.05, 4.69) is 10.1 Å². The molecule has 1 aromatic rings. The predicted molar refractivity (Wildman–Crippen MR) is 85.1 cm³/mol. The van der Waals surface area contributed by atoms with Crippen molar-refractivity contribution in [1.29, 1.82) is 0 Å². The van der Waals surface area contributed by atoms with Crippen molar-refractivity contribution in [3.05, 3.63) is 17.5 Å². The lowest BCUT2D eigenvalue weighted by molar-refractivity contribution is -0.133. The summed E-state index contributed by atoms with van der Waals surface area (Å²) in [4.78, 5) is 15.9. The minimum atomic E-state index is -3.33. The molecule has 9 heteroatoms. The molecule has 0 aliphatic carbocycles. The van der Waals surface area contributed by atoms with Crippen LogP contribution in [0.15, 0.2) is 10.6 Å². The van der Waals surface area contributed by atoms with Gasteiger partial charge in [-0.25, -0.2) is 12.7 Å². The van der Waals surface area contributed by atoms with Crippen LogP contribution in [0.1, 0.15) is 11.5 Å². The van der Waals surface area contributed by atoms with Gasteiger partial charge in [0.2, 0.25) is 15.9 Å². The molecule has 1 saturated heterocycles. The van der Waals surface area contributed by atoms with Gasteiger partial charge in [-0.05, 0) is 6.92 Å². The van der Waals surface area contributed by atoms with Crippen LogP contribution in [0.3, 0.4) is 0 Å². The summed E-state index contributed by atoms with van der Waals surface area (Å²) >= 11 is 0. The molecule has 0 bridgehead atoms. The maximum atomic E-state index is 12.4. The summed E-state index contributed by atoms with van der Waals surface area (Å²) in [5.74, 6) is 0.269. The van der Waals surface area contributed by atoms with E-state index < -0.39 is 15.9 Å². The highest BCUT2D eigenvalue weighted by molar-refractivity contribution is 7.88. The Morgan fingerprint density at radius 2 is 2.09 bits per heavy atom. The Balaban J connectivity index is 2.17. The monoisotopic (exact) mass is 344 g/mol. The zero-order valence-corrected chi connectivity index (χ0v) is 14.8. The topological polar surface area (TPSA) is 87.0 Å². The van der Waals surface area contributed by atoms with E-state index in [4.69, 9.17) is 4.52 Å². The van der Waals surface area contributed by atoms with Crippen molar-refractivity contribution in [1.82, 2.24) is 19.3 Å².